The number of hydrogen-bond acceptors (Lipinski definition) is 5. The molecule has 0 saturated carbocycles. The molecule has 3 rings (SSSR count). The summed E-state index contributed by atoms with van der Waals surface area (Å²) < 4.78 is 1.35. The number of nitrogens with two attached hydrogens (primary N) is 1. The molecule has 1 aliphatic rings. The molecule has 6 nitrogen and oxygen atoms in total. The maximum atomic E-state index is 12.5. The van der Waals surface area contributed by atoms with Gasteiger partial charge in [-0.1, -0.05) is 54.2 Å². The van der Waals surface area contributed by atoms with Crippen LogP contribution in [0.15, 0.2) is 23.4 Å². The first-order chi connectivity index (χ1) is 12.6. The summed E-state index contributed by atoms with van der Waals surface area (Å²) >= 11 is 13.5. The van der Waals surface area contributed by atoms with Crippen LogP contribution in [0.3, 0.4) is 0 Å². The number of halogens is 2. The van der Waals surface area contributed by atoms with Gasteiger partial charge in [0, 0.05) is 23.7 Å². The fourth-order valence-corrected chi connectivity index (χ4v) is 4.08. The number of rotatable bonds is 4. The Bertz CT molecular complexity index is 775. The topological polar surface area (TPSA) is 77.0 Å². The van der Waals surface area contributed by atoms with Gasteiger partial charge >= 0.3 is 0 Å². The molecule has 1 saturated heterocycles. The Kier molecular flexibility index (Phi) is 6.67. The van der Waals surface area contributed by atoms with E-state index in [0.29, 0.717) is 32.3 Å². The molecule has 26 heavy (non-hydrogen) atoms. The number of benzene rings is 1. The number of nitrogen functional groups attached to an aromatic ring is 1. The molecule has 0 unspecified atom stereocenters. The first-order valence-corrected chi connectivity index (χ1v) is 10.4. The number of likely N-dealkylation sites (tertiary alicyclic amines) is 1. The van der Waals surface area contributed by atoms with Gasteiger partial charge in [-0.25, -0.2) is 4.68 Å². The third-order valence-electron chi connectivity index (χ3n) is 4.37. The number of hydrogen-bond donors (Lipinski definition) is 1. The number of carbonyl (C=O) groups is 1. The van der Waals surface area contributed by atoms with Crippen LogP contribution in [0.25, 0.3) is 11.4 Å². The molecule has 2 heterocycles. The first kappa shape index (κ1) is 19.3. The number of carbonyl (C=O) groups excluding carboxylic acids is 1. The molecule has 9 heteroatoms. The van der Waals surface area contributed by atoms with Gasteiger partial charge in [-0.05, 0) is 31.0 Å². The van der Waals surface area contributed by atoms with E-state index < -0.39 is 0 Å². The van der Waals surface area contributed by atoms with Crippen molar-refractivity contribution in [2.75, 3.05) is 24.7 Å². The number of thioether (sulfide) groups is 1. The van der Waals surface area contributed by atoms with Gasteiger partial charge in [0.2, 0.25) is 11.1 Å². The number of amides is 1. The lowest BCUT2D eigenvalue weighted by atomic mass is 10.1. The second-order valence-corrected chi connectivity index (χ2v) is 8.02. The van der Waals surface area contributed by atoms with Crippen LogP contribution in [0.4, 0.5) is 0 Å². The molecular formula is C17H21Cl2N5OS. The van der Waals surface area contributed by atoms with E-state index in [1.807, 2.05) is 4.90 Å². The van der Waals surface area contributed by atoms with Gasteiger partial charge in [0.05, 0.1) is 10.8 Å². The third kappa shape index (κ3) is 4.64. The standard InChI is InChI=1S/C17H21Cl2N5OS/c18-12-6-7-14(19)13(10-12)16-21-22-17(24(16)20)26-11-15(25)23-8-4-2-1-3-5-9-23/h6-7,10H,1-5,8-9,11,20H2. The predicted octanol–water partition coefficient (Wildman–Crippen LogP) is 3.85. The Hall–Kier alpha value is -1.44. The van der Waals surface area contributed by atoms with Crippen LogP contribution in [0.1, 0.15) is 32.1 Å². The van der Waals surface area contributed by atoms with Crippen LogP contribution in [-0.4, -0.2) is 44.5 Å². The molecule has 2 N–H and O–H groups in total. The van der Waals surface area contributed by atoms with E-state index in [2.05, 4.69) is 10.2 Å². The minimum absolute atomic E-state index is 0.113. The highest BCUT2D eigenvalue weighted by atomic mass is 35.5. The average molecular weight is 414 g/mol. The van der Waals surface area contributed by atoms with Crippen molar-refractivity contribution in [1.82, 2.24) is 19.8 Å². The molecule has 1 amide bonds. The van der Waals surface area contributed by atoms with Crippen LogP contribution in [0.5, 0.6) is 0 Å². The smallest absolute Gasteiger partial charge is 0.233 e. The molecule has 0 radical (unpaired) electrons. The minimum Gasteiger partial charge on any atom is -0.342 e. The minimum atomic E-state index is 0.113. The molecular weight excluding hydrogens is 393 g/mol. The highest BCUT2D eigenvalue weighted by Crippen LogP contribution is 2.30. The van der Waals surface area contributed by atoms with Crippen molar-refractivity contribution in [3.05, 3.63) is 28.2 Å². The second-order valence-electron chi connectivity index (χ2n) is 6.24. The highest BCUT2D eigenvalue weighted by Gasteiger charge is 2.19. The van der Waals surface area contributed by atoms with Gasteiger partial charge in [0.1, 0.15) is 0 Å². The first-order valence-electron chi connectivity index (χ1n) is 8.63. The van der Waals surface area contributed by atoms with Gasteiger partial charge in [0.15, 0.2) is 5.82 Å². The summed E-state index contributed by atoms with van der Waals surface area (Å²) in [5, 5.41) is 9.69. The van der Waals surface area contributed by atoms with Crippen molar-refractivity contribution in [1.29, 1.82) is 0 Å². The normalized spacial score (nSPS) is 15.5. The van der Waals surface area contributed by atoms with E-state index in [4.69, 9.17) is 29.0 Å². The van der Waals surface area contributed by atoms with Crippen molar-refractivity contribution in [2.45, 2.75) is 37.3 Å². The van der Waals surface area contributed by atoms with Crippen molar-refractivity contribution in [3.63, 3.8) is 0 Å². The summed E-state index contributed by atoms with van der Waals surface area (Å²) in [6.07, 6.45) is 5.79. The zero-order valence-electron chi connectivity index (χ0n) is 14.3. The van der Waals surface area contributed by atoms with Crippen molar-refractivity contribution in [3.8, 4) is 11.4 Å². The van der Waals surface area contributed by atoms with Crippen molar-refractivity contribution >= 4 is 40.9 Å². The van der Waals surface area contributed by atoms with Crippen LogP contribution in [0, 0.1) is 0 Å². The summed E-state index contributed by atoms with van der Waals surface area (Å²) in [6, 6.07) is 5.08. The Morgan fingerprint density at radius 3 is 2.54 bits per heavy atom. The van der Waals surface area contributed by atoms with Crippen LogP contribution in [-0.2, 0) is 4.79 Å². The third-order valence-corrected chi connectivity index (χ3v) is 5.86. The zero-order valence-corrected chi connectivity index (χ0v) is 16.7. The molecule has 0 atom stereocenters. The Balaban J connectivity index is 1.66. The Morgan fingerprint density at radius 2 is 1.81 bits per heavy atom. The van der Waals surface area contributed by atoms with Crippen LogP contribution >= 0.6 is 35.0 Å². The van der Waals surface area contributed by atoms with E-state index in [1.54, 1.807) is 18.2 Å². The van der Waals surface area contributed by atoms with Crippen molar-refractivity contribution in [2.24, 2.45) is 0 Å². The molecule has 1 fully saturated rings. The monoisotopic (exact) mass is 413 g/mol. The van der Waals surface area contributed by atoms with E-state index in [9.17, 15) is 4.79 Å². The van der Waals surface area contributed by atoms with E-state index >= 15 is 0 Å². The zero-order chi connectivity index (χ0) is 18.5. The SMILES string of the molecule is Nn1c(SCC(=O)N2CCCCCCC2)nnc1-c1cc(Cl)ccc1Cl. The lowest BCUT2D eigenvalue weighted by Gasteiger charge is -2.24. The molecule has 1 aromatic carbocycles. The molecule has 1 aliphatic heterocycles. The quantitative estimate of drug-likeness (QED) is 0.608. The summed E-state index contributed by atoms with van der Waals surface area (Å²) in [7, 11) is 0. The van der Waals surface area contributed by atoms with Gasteiger partial charge < -0.3 is 10.7 Å². The fourth-order valence-electron chi connectivity index (χ4n) is 2.94. The maximum Gasteiger partial charge on any atom is 0.233 e. The molecule has 2 aromatic rings. The van der Waals surface area contributed by atoms with Crippen LogP contribution < -0.4 is 5.84 Å². The molecule has 0 bridgehead atoms. The summed E-state index contributed by atoms with van der Waals surface area (Å²) in [5.41, 5.74) is 0.608. The number of aromatic nitrogens is 3. The molecule has 0 spiro atoms. The van der Waals surface area contributed by atoms with E-state index in [0.717, 1.165) is 25.9 Å². The van der Waals surface area contributed by atoms with E-state index in [-0.39, 0.29) is 5.91 Å². The Labute approximate surface area is 167 Å². The second kappa shape index (κ2) is 8.97. The molecule has 140 valence electrons. The summed E-state index contributed by atoms with van der Waals surface area (Å²) in [6.45, 7) is 1.66. The molecule has 0 aliphatic carbocycles. The van der Waals surface area contributed by atoms with Gasteiger partial charge in [0.25, 0.3) is 0 Å². The van der Waals surface area contributed by atoms with Gasteiger partial charge in [-0.3, -0.25) is 4.79 Å². The summed E-state index contributed by atoms with van der Waals surface area (Å²) in [5.74, 6) is 6.93. The maximum absolute atomic E-state index is 12.5. The number of nitrogens with zero attached hydrogens (tertiary/aromatic N) is 4. The van der Waals surface area contributed by atoms with Crippen molar-refractivity contribution < 1.29 is 4.79 Å². The van der Waals surface area contributed by atoms with Gasteiger partial charge in [-0.15, -0.1) is 10.2 Å². The fraction of sp³-hybridized carbons (Fsp3) is 0.471. The highest BCUT2D eigenvalue weighted by molar-refractivity contribution is 7.99. The average Bonchev–Trinajstić information content (AvgIpc) is 2.95. The molecule has 1 aromatic heterocycles. The summed E-state index contributed by atoms with van der Waals surface area (Å²) in [4.78, 5) is 14.4. The van der Waals surface area contributed by atoms with E-state index in [1.165, 1.54) is 35.7 Å². The predicted molar refractivity (Wildman–Crippen MR) is 106 cm³/mol. The van der Waals surface area contributed by atoms with Crippen LogP contribution in [0.2, 0.25) is 10.0 Å². The Morgan fingerprint density at radius 1 is 1.12 bits per heavy atom. The lowest BCUT2D eigenvalue weighted by Crippen LogP contribution is -2.35. The van der Waals surface area contributed by atoms with Gasteiger partial charge in [-0.2, -0.15) is 0 Å². The largest absolute Gasteiger partial charge is 0.342 e. The lowest BCUT2D eigenvalue weighted by molar-refractivity contribution is -0.128.